The third-order valence-corrected chi connectivity index (χ3v) is 4.17. The second-order valence-electron chi connectivity index (χ2n) is 4.87. The summed E-state index contributed by atoms with van der Waals surface area (Å²) in [7, 11) is 0. The van der Waals surface area contributed by atoms with Crippen LogP contribution in [0, 0.1) is 11.8 Å². The average Bonchev–Trinajstić information content (AvgIpc) is 2.18. The van der Waals surface area contributed by atoms with E-state index in [-0.39, 0.29) is 0 Å². The van der Waals surface area contributed by atoms with Gasteiger partial charge in [-0.05, 0) is 31.6 Å². The van der Waals surface area contributed by atoms with E-state index in [4.69, 9.17) is 0 Å². The van der Waals surface area contributed by atoms with Crippen molar-refractivity contribution in [1.29, 1.82) is 0 Å². The number of aliphatic hydroxyl groups excluding tert-OH is 1. The first-order chi connectivity index (χ1) is 6.33. The van der Waals surface area contributed by atoms with Gasteiger partial charge in [0.15, 0.2) is 0 Å². The largest absolute Gasteiger partial charge is 0.396 e. The summed E-state index contributed by atoms with van der Waals surface area (Å²) in [5, 5.41) is 9.39. The molecule has 76 valence electrons. The Kier molecular flexibility index (Phi) is 2.89. The molecule has 2 N–H and O–H groups in total. The molecule has 0 amide bonds. The van der Waals surface area contributed by atoms with Crippen molar-refractivity contribution in [2.75, 3.05) is 19.7 Å². The highest BCUT2D eigenvalue weighted by atomic mass is 16.3. The summed E-state index contributed by atoms with van der Waals surface area (Å²) < 4.78 is 0. The van der Waals surface area contributed by atoms with Gasteiger partial charge in [0.05, 0.1) is 25.7 Å². The van der Waals surface area contributed by atoms with E-state index in [1.807, 2.05) is 0 Å². The van der Waals surface area contributed by atoms with Gasteiger partial charge in [-0.1, -0.05) is 6.92 Å². The van der Waals surface area contributed by atoms with Crippen LogP contribution in [0.5, 0.6) is 0 Å². The Morgan fingerprint density at radius 2 is 2.08 bits per heavy atom. The Labute approximate surface area is 80.9 Å². The van der Waals surface area contributed by atoms with E-state index in [1.54, 1.807) is 4.90 Å². The summed E-state index contributed by atoms with van der Waals surface area (Å²) >= 11 is 0. The van der Waals surface area contributed by atoms with Crippen LogP contribution < -0.4 is 4.90 Å². The lowest BCUT2D eigenvalue weighted by Crippen LogP contribution is -3.18. The van der Waals surface area contributed by atoms with Gasteiger partial charge in [-0.15, -0.1) is 0 Å². The molecule has 2 aliphatic rings. The summed E-state index contributed by atoms with van der Waals surface area (Å²) in [5.74, 6) is 1.33. The molecule has 1 unspecified atom stereocenters. The first-order valence-electron chi connectivity index (χ1n) is 5.78. The number of aliphatic hydroxyl groups is 1. The molecule has 2 fully saturated rings. The van der Waals surface area contributed by atoms with Crippen molar-refractivity contribution in [1.82, 2.24) is 0 Å². The van der Waals surface area contributed by atoms with Gasteiger partial charge in [0, 0.05) is 5.92 Å². The number of nitrogens with one attached hydrogen (secondary N) is 1. The van der Waals surface area contributed by atoms with Gasteiger partial charge in [-0.3, -0.25) is 0 Å². The maximum absolute atomic E-state index is 9.39. The lowest BCUT2D eigenvalue weighted by Gasteiger charge is -2.43. The molecule has 2 rings (SSSR count). The Hall–Kier alpha value is -0.0800. The SMILES string of the molecule is C[C@@H]1CC[NH+]2CCCC[C@@H]2[C@H]1CO. The molecule has 0 bridgehead atoms. The molecule has 0 aromatic rings. The maximum Gasteiger partial charge on any atom is 0.0928 e. The second kappa shape index (κ2) is 3.97. The van der Waals surface area contributed by atoms with Crippen molar-refractivity contribution in [3.63, 3.8) is 0 Å². The van der Waals surface area contributed by atoms with Crippen molar-refractivity contribution in [2.45, 2.75) is 38.6 Å². The van der Waals surface area contributed by atoms with Crippen LogP contribution in [0.3, 0.4) is 0 Å². The molecule has 4 atom stereocenters. The number of piperidine rings is 2. The monoisotopic (exact) mass is 184 g/mol. The van der Waals surface area contributed by atoms with E-state index >= 15 is 0 Å². The molecule has 0 radical (unpaired) electrons. The molecular formula is C11H22NO+. The van der Waals surface area contributed by atoms with E-state index in [9.17, 15) is 5.11 Å². The normalized spacial score (nSPS) is 45.7. The molecule has 0 saturated carbocycles. The minimum atomic E-state index is 0.412. The molecule has 2 nitrogen and oxygen atoms in total. The van der Waals surface area contributed by atoms with Gasteiger partial charge in [-0.25, -0.2) is 0 Å². The van der Waals surface area contributed by atoms with Crippen LogP contribution in [0.15, 0.2) is 0 Å². The molecule has 0 spiro atoms. The van der Waals surface area contributed by atoms with Gasteiger partial charge < -0.3 is 10.0 Å². The summed E-state index contributed by atoms with van der Waals surface area (Å²) in [6.07, 6.45) is 5.46. The van der Waals surface area contributed by atoms with Crippen LogP contribution in [0.25, 0.3) is 0 Å². The number of hydrogen-bond acceptors (Lipinski definition) is 1. The van der Waals surface area contributed by atoms with Gasteiger partial charge in [0.25, 0.3) is 0 Å². The summed E-state index contributed by atoms with van der Waals surface area (Å²) in [6.45, 7) is 5.43. The summed E-state index contributed by atoms with van der Waals surface area (Å²) in [4.78, 5) is 1.78. The standard InChI is InChI=1S/C11H21NO/c1-9-5-7-12-6-3-2-4-11(12)10(9)8-13/h9-11,13H,2-8H2,1H3/p+1/t9-,10+,11-/m1/s1. The minimum absolute atomic E-state index is 0.412. The van der Waals surface area contributed by atoms with Crippen molar-refractivity contribution in [3.8, 4) is 0 Å². The van der Waals surface area contributed by atoms with Crippen LogP contribution in [0.4, 0.5) is 0 Å². The van der Waals surface area contributed by atoms with Crippen molar-refractivity contribution < 1.29 is 10.0 Å². The van der Waals surface area contributed by atoms with Gasteiger partial charge in [0.1, 0.15) is 0 Å². The molecule has 2 heteroatoms. The summed E-state index contributed by atoms with van der Waals surface area (Å²) in [6, 6.07) is 0.780. The van der Waals surface area contributed by atoms with E-state index in [1.165, 1.54) is 38.8 Å². The smallest absolute Gasteiger partial charge is 0.0928 e. The Morgan fingerprint density at radius 3 is 2.85 bits per heavy atom. The molecule has 0 aromatic heterocycles. The van der Waals surface area contributed by atoms with E-state index in [0.717, 1.165) is 12.0 Å². The fourth-order valence-corrected chi connectivity index (χ4v) is 3.26. The lowest BCUT2D eigenvalue weighted by atomic mass is 9.77. The first-order valence-corrected chi connectivity index (χ1v) is 5.78. The predicted molar refractivity (Wildman–Crippen MR) is 52.7 cm³/mol. The zero-order valence-corrected chi connectivity index (χ0v) is 8.63. The third kappa shape index (κ3) is 1.75. The maximum atomic E-state index is 9.39. The van der Waals surface area contributed by atoms with Crippen LogP contribution in [0.2, 0.25) is 0 Å². The topological polar surface area (TPSA) is 24.7 Å². The van der Waals surface area contributed by atoms with E-state index in [0.29, 0.717) is 12.5 Å². The highest BCUT2D eigenvalue weighted by Gasteiger charge is 2.39. The Bertz CT molecular complexity index is 171. The van der Waals surface area contributed by atoms with Gasteiger partial charge in [0.2, 0.25) is 0 Å². The Balaban J connectivity index is 2.04. The van der Waals surface area contributed by atoms with E-state index in [2.05, 4.69) is 6.92 Å². The van der Waals surface area contributed by atoms with E-state index < -0.39 is 0 Å². The molecular weight excluding hydrogens is 162 g/mol. The highest BCUT2D eigenvalue weighted by Crippen LogP contribution is 2.24. The van der Waals surface area contributed by atoms with Crippen LogP contribution in [0.1, 0.15) is 32.6 Å². The average molecular weight is 184 g/mol. The fourth-order valence-electron chi connectivity index (χ4n) is 3.26. The molecule has 13 heavy (non-hydrogen) atoms. The highest BCUT2D eigenvalue weighted by molar-refractivity contribution is 4.79. The van der Waals surface area contributed by atoms with Crippen LogP contribution in [-0.4, -0.2) is 30.8 Å². The van der Waals surface area contributed by atoms with Crippen LogP contribution in [-0.2, 0) is 0 Å². The van der Waals surface area contributed by atoms with Gasteiger partial charge in [-0.2, -0.15) is 0 Å². The lowest BCUT2D eigenvalue weighted by molar-refractivity contribution is -0.941. The Morgan fingerprint density at radius 1 is 1.23 bits per heavy atom. The fraction of sp³-hybridized carbons (Fsp3) is 1.00. The minimum Gasteiger partial charge on any atom is -0.396 e. The number of quaternary nitrogens is 1. The molecule has 0 aromatic carbocycles. The molecule has 0 aliphatic carbocycles. The van der Waals surface area contributed by atoms with Crippen LogP contribution >= 0.6 is 0 Å². The first kappa shape index (κ1) is 9.47. The molecule has 2 heterocycles. The summed E-state index contributed by atoms with van der Waals surface area (Å²) in [5.41, 5.74) is 0. The number of fused-ring (bicyclic) bond motifs is 1. The number of hydrogen-bond donors (Lipinski definition) is 2. The van der Waals surface area contributed by atoms with Crippen molar-refractivity contribution in [2.24, 2.45) is 11.8 Å². The molecule has 2 aliphatic heterocycles. The van der Waals surface area contributed by atoms with Crippen molar-refractivity contribution in [3.05, 3.63) is 0 Å². The second-order valence-corrected chi connectivity index (χ2v) is 4.87. The zero-order valence-electron chi connectivity index (χ0n) is 8.63. The van der Waals surface area contributed by atoms with Crippen molar-refractivity contribution >= 4 is 0 Å². The quantitative estimate of drug-likeness (QED) is 0.592. The predicted octanol–water partition coefficient (Wildman–Crippen LogP) is 0.0721. The number of rotatable bonds is 1. The third-order valence-electron chi connectivity index (χ3n) is 4.17. The molecule has 2 saturated heterocycles. The zero-order chi connectivity index (χ0) is 9.26. The van der Waals surface area contributed by atoms with Gasteiger partial charge >= 0.3 is 0 Å².